The Labute approximate surface area is 185 Å². The molecule has 1 amide bonds. The molecular weight excluding hydrogens is 394 g/mol. The van der Waals surface area contributed by atoms with Gasteiger partial charge in [0.25, 0.3) is 0 Å². The summed E-state index contributed by atoms with van der Waals surface area (Å²) in [4.78, 5) is 14.7. The zero-order valence-corrected chi connectivity index (χ0v) is 19.4. The summed E-state index contributed by atoms with van der Waals surface area (Å²) < 4.78 is 4.78. The highest BCUT2D eigenvalue weighted by Crippen LogP contribution is 2.21. The number of amides is 1. The fourth-order valence-corrected chi connectivity index (χ4v) is 4.39. The standard InChI is InChI=1S/C23H35N5OS/c1-4-6-7-13-24-22(29)19-11-14-26(15-12-19)17-28-23(30)27(5-2)21(25-28)20-10-8-9-18(3)16-20/h8-10,16,19H,4-7,11-15,17H2,1-3H3,(H,24,29). The predicted molar refractivity (Wildman–Crippen MR) is 124 cm³/mol. The third kappa shape index (κ3) is 5.58. The number of benzene rings is 1. The fraction of sp³-hybridized carbons (Fsp3) is 0.609. The SMILES string of the molecule is CCCCCNC(=O)C1CCN(Cn2nc(-c3cccc(C)c3)n(CC)c2=S)CC1. The number of piperidine rings is 1. The van der Waals surface area contributed by atoms with Crippen molar-refractivity contribution in [3.05, 3.63) is 34.6 Å². The van der Waals surface area contributed by atoms with Gasteiger partial charge < -0.3 is 9.88 Å². The first-order valence-corrected chi connectivity index (χ1v) is 11.7. The van der Waals surface area contributed by atoms with Crippen LogP contribution in [0.2, 0.25) is 0 Å². The van der Waals surface area contributed by atoms with Crippen molar-refractivity contribution in [3.63, 3.8) is 0 Å². The van der Waals surface area contributed by atoms with Gasteiger partial charge in [-0.05, 0) is 51.4 Å². The maximum atomic E-state index is 12.4. The lowest BCUT2D eigenvalue weighted by Gasteiger charge is -2.30. The van der Waals surface area contributed by atoms with E-state index in [2.05, 4.69) is 59.8 Å². The Hall–Kier alpha value is -1.99. The summed E-state index contributed by atoms with van der Waals surface area (Å²) in [6.07, 6.45) is 5.21. The lowest BCUT2D eigenvalue weighted by molar-refractivity contribution is -0.126. The van der Waals surface area contributed by atoms with Crippen molar-refractivity contribution in [3.8, 4) is 11.4 Å². The minimum atomic E-state index is 0.131. The van der Waals surface area contributed by atoms with E-state index in [-0.39, 0.29) is 11.8 Å². The van der Waals surface area contributed by atoms with Gasteiger partial charge in [-0.2, -0.15) is 5.10 Å². The zero-order valence-electron chi connectivity index (χ0n) is 18.6. The molecule has 2 heterocycles. The van der Waals surface area contributed by atoms with E-state index in [0.717, 1.165) is 61.6 Å². The molecule has 1 aliphatic heterocycles. The van der Waals surface area contributed by atoms with Crippen LogP contribution in [-0.2, 0) is 18.0 Å². The van der Waals surface area contributed by atoms with Crippen molar-refractivity contribution in [2.24, 2.45) is 5.92 Å². The van der Waals surface area contributed by atoms with E-state index in [1.807, 2.05) is 4.68 Å². The number of carbonyl (C=O) groups excluding carboxylic acids is 1. The molecule has 0 bridgehead atoms. The monoisotopic (exact) mass is 429 g/mol. The van der Waals surface area contributed by atoms with Crippen LogP contribution in [0.3, 0.4) is 0 Å². The van der Waals surface area contributed by atoms with Crippen molar-refractivity contribution in [2.75, 3.05) is 19.6 Å². The smallest absolute Gasteiger partial charge is 0.223 e. The first-order valence-electron chi connectivity index (χ1n) is 11.3. The van der Waals surface area contributed by atoms with Gasteiger partial charge in [0.05, 0.1) is 6.67 Å². The van der Waals surface area contributed by atoms with E-state index < -0.39 is 0 Å². The summed E-state index contributed by atoms with van der Waals surface area (Å²) in [6.45, 7) is 10.4. The molecule has 0 radical (unpaired) electrons. The van der Waals surface area contributed by atoms with Crippen LogP contribution in [0.1, 0.15) is 51.5 Å². The van der Waals surface area contributed by atoms with Gasteiger partial charge >= 0.3 is 0 Å². The minimum Gasteiger partial charge on any atom is -0.356 e. The second-order valence-corrected chi connectivity index (χ2v) is 8.62. The molecule has 1 fully saturated rings. The van der Waals surface area contributed by atoms with E-state index in [4.69, 9.17) is 17.3 Å². The molecule has 7 heteroatoms. The molecule has 30 heavy (non-hydrogen) atoms. The summed E-state index contributed by atoms with van der Waals surface area (Å²) in [7, 11) is 0. The normalized spacial score (nSPS) is 15.4. The van der Waals surface area contributed by atoms with Gasteiger partial charge in [-0.3, -0.25) is 9.69 Å². The molecule has 164 valence electrons. The second-order valence-electron chi connectivity index (χ2n) is 8.25. The number of aromatic nitrogens is 3. The molecule has 0 saturated carbocycles. The van der Waals surface area contributed by atoms with Crippen LogP contribution in [-0.4, -0.2) is 44.8 Å². The van der Waals surface area contributed by atoms with Crippen molar-refractivity contribution in [1.29, 1.82) is 0 Å². The third-order valence-corrected chi connectivity index (χ3v) is 6.32. The van der Waals surface area contributed by atoms with Crippen LogP contribution in [0.25, 0.3) is 11.4 Å². The van der Waals surface area contributed by atoms with Crippen molar-refractivity contribution in [2.45, 2.75) is 66.1 Å². The zero-order chi connectivity index (χ0) is 21.5. The molecule has 1 N–H and O–H groups in total. The van der Waals surface area contributed by atoms with E-state index >= 15 is 0 Å². The third-order valence-electron chi connectivity index (χ3n) is 5.89. The van der Waals surface area contributed by atoms with Crippen molar-refractivity contribution in [1.82, 2.24) is 24.6 Å². The first-order chi connectivity index (χ1) is 14.5. The quantitative estimate of drug-likeness (QED) is 0.475. The Balaban J connectivity index is 1.60. The van der Waals surface area contributed by atoms with Crippen LogP contribution in [0.5, 0.6) is 0 Å². The molecular formula is C23H35N5OS. The minimum absolute atomic E-state index is 0.131. The van der Waals surface area contributed by atoms with Gasteiger partial charge in [0, 0.05) is 37.7 Å². The Bertz CT molecular complexity index is 895. The number of rotatable bonds is 9. The Morgan fingerprint density at radius 1 is 1.23 bits per heavy atom. The molecule has 1 saturated heterocycles. The molecule has 6 nitrogen and oxygen atoms in total. The molecule has 1 aliphatic rings. The van der Waals surface area contributed by atoms with Crippen molar-refractivity contribution < 1.29 is 4.79 Å². The topological polar surface area (TPSA) is 55.1 Å². The van der Waals surface area contributed by atoms with Gasteiger partial charge in [0.2, 0.25) is 5.91 Å². The summed E-state index contributed by atoms with van der Waals surface area (Å²) >= 11 is 5.72. The second kappa shape index (κ2) is 10.9. The van der Waals surface area contributed by atoms with Gasteiger partial charge in [0.15, 0.2) is 10.6 Å². The lowest BCUT2D eigenvalue weighted by Crippen LogP contribution is -2.41. The number of nitrogens with zero attached hydrogens (tertiary/aromatic N) is 4. The number of hydrogen-bond donors (Lipinski definition) is 1. The molecule has 1 aromatic carbocycles. The largest absolute Gasteiger partial charge is 0.356 e. The molecule has 0 atom stereocenters. The first kappa shape index (κ1) is 22.7. The van der Waals surface area contributed by atoms with Gasteiger partial charge in [-0.25, -0.2) is 4.68 Å². The van der Waals surface area contributed by atoms with Gasteiger partial charge in [-0.15, -0.1) is 0 Å². The highest BCUT2D eigenvalue weighted by atomic mass is 32.1. The molecule has 0 aliphatic carbocycles. The maximum Gasteiger partial charge on any atom is 0.223 e. The molecule has 0 unspecified atom stereocenters. The summed E-state index contributed by atoms with van der Waals surface area (Å²) in [5.41, 5.74) is 2.31. The van der Waals surface area contributed by atoms with Gasteiger partial charge in [-0.1, -0.05) is 43.5 Å². The van der Waals surface area contributed by atoms with E-state index in [9.17, 15) is 4.79 Å². The maximum absolute atomic E-state index is 12.4. The van der Waals surface area contributed by atoms with E-state index in [1.54, 1.807) is 0 Å². The highest BCUT2D eigenvalue weighted by Gasteiger charge is 2.25. The average Bonchev–Trinajstić information content (AvgIpc) is 3.07. The van der Waals surface area contributed by atoms with Gasteiger partial charge in [0.1, 0.15) is 0 Å². The average molecular weight is 430 g/mol. The Kier molecular flexibility index (Phi) is 8.22. The molecule has 3 rings (SSSR count). The molecule has 0 spiro atoms. The van der Waals surface area contributed by atoms with Crippen LogP contribution in [0, 0.1) is 17.6 Å². The highest BCUT2D eigenvalue weighted by molar-refractivity contribution is 7.71. The van der Waals surface area contributed by atoms with Crippen LogP contribution >= 0.6 is 12.2 Å². The predicted octanol–water partition coefficient (Wildman–Crippen LogP) is 4.39. The molecule has 1 aromatic heterocycles. The van der Waals surface area contributed by atoms with Crippen LogP contribution in [0.4, 0.5) is 0 Å². The summed E-state index contributed by atoms with van der Waals surface area (Å²) in [6, 6.07) is 8.39. The molecule has 2 aromatic rings. The number of likely N-dealkylation sites (tertiary alicyclic amines) is 1. The lowest BCUT2D eigenvalue weighted by atomic mass is 9.96. The van der Waals surface area contributed by atoms with E-state index in [1.165, 1.54) is 18.4 Å². The van der Waals surface area contributed by atoms with E-state index in [0.29, 0.717) is 6.67 Å². The van der Waals surface area contributed by atoms with Crippen LogP contribution < -0.4 is 5.32 Å². The van der Waals surface area contributed by atoms with Crippen molar-refractivity contribution >= 4 is 18.1 Å². The number of unbranched alkanes of at least 4 members (excludes halogenated alkanes) is 2. The number of nitrogens with one attached hydrogen (secondary N) is 1. The summed E-state index contributed by atoms with van der Waals surface area (Å²) in [5, 5.41) is 7.96. The fourth-order valence-electron chi connectivity index (χ4n) is 4.07. The summed E-state index contributed by atoms with van der Waals surface area (Å²) in [5.74, 6) is 1.28. The Morgan fingerprint density at radius 3 is 2.67 bits per heavy atom. The number of carbonyl (C=O) groups is 1. The Morgan fingerprint density at radius 2 is 2.00 bits per heavy atom. The number of hydrogen-bond acceptors (Lipinski definition) is 4. The van der Waals surface area contributed by atoms with Crippen LogP contribution in [0.15, 0.2) is 24.3 Å². The number of aryl methyl sites for hydroxylation is 1.